The topological polar surface area (TPSA) is 100 Å². The quantitative estimate of drug-likeness (QED) is 0.818. The summed E-state index contributed by atoms with van der Waals surface area (Å²) in [5, 5.41) is 13.7. The lowest BCUT2D eigenvalue weighted by atomic mass is 10.2. The highest BCUT2D eigenvalue weighted by atomic mass is 16.7. The zero-order valence-corrected chi connectivity index (χ0v) is 11.5. The van der Waals surface area contributed by atoms with E-state index in [9.17, 15) is 9.59 Å². The normalized spacial score (nSPS) is 13.1. The van der Waals surface area contributed by atoms with E-state index in [0.717, 1.165) is 0 Å². The van der Waals surface area contributed by atoms with Gasteiger partial charge in [0.2, 0.25) is 12.7 Å². The Kier molecular flexibility index (Phi) is 4.61. The zero-order chi connectivity index (χ0) is 15.2. The van der Waals surface area contributed by atoms with Crippen LogP contribution in [0.4, 0.5) is 0 Å². The zero-order valence-electron chi connectivity index (χ0n) is 11.5. The Labute approximate surface area is 121 Å². The third kappa shape index (κ3) is 3.86. The molecule has 0 aliphatic carbocycles. The second kappa shape index (κ2) is 6.61. The number of hydrogen-bond donors (Lipinski definition) is 2. The van der Waals surface area contributed by atoms with Crippen molar-refractivity contribution < 1.29 is 19.1 Å². The Balaban J connectivity index is 1.82. The molecule has 2 rings (SSSR count). The van der Waals surface area contributed by atoms with Crippen LogP contribution in [0.25, 0.3) is 0 Å². The van der Waals surface area contributed by atoms with Crippen molar-refractivity contribution in [1.29, 1.82) is 5.26 Å². The number of fused-ring (bicyclic) bond motifs is 1. The van der Waals surface area contributed by atoms with Crippen molar-refractivity contribution in [3.05, 3.63) is 23.8 Å². The lowest BCUT2D eigenvalue weighted by Gasteiger charge is -2.08. The van der Waals surface area contributed by atoms with Gasteiger partial charge in [0.15, 0.2) is 11.5 Å². The molecule has 2 amide bonds. The number of benzene rings is 1. The van der Waals surface area contributed by atoms with Crippen LogP contribution in [0.15, 0.2) is 18.2 Å². The van der Waals surface area contributed by atoms with Crippen LogP contribution < -0.4 is 20.1 Å². The highest BCUT2D eigenvalue weighted by Gasteiger charge is 2.16. The van der Waals surface area contributed by atoms with Gasteiger partial charge in [-0.15, -0.1) is 0 Å². The van der Waals surface area contributed by atoms with E-state index < -0.39 is 0 Å². The van der Waals surface area contributed by atoms with E-state index in [0.29, 0.717) is 17.1 Å². The van der Waals surface area contributed by atoms with E-state index in [1.165, 1.54) is 0 Å². The summed E-state index contributed by atoms with van der Waals surface area (Å²) in [4.78, 5) is 23.4. The molecule has 0 saturated heterocycles. The average molecular weight is 289 g/mol. The first-order valence-corrected chi connectivity index (χ1v) is 6.44. The fourth-order valence-electron chi connectivity index (χ4n) is 1.68. The Bertz CT molecular complexity index is 594. The van der Waals surface area contributed by atoms with E-state index in [1.54, 1.807) is 25.1 Å². The van der Waals surface area contributed by atoms with Gasteiger partial charge >= 0.3 is 0 Å². The molecule has 1 aromatic carbocycles. The van der Waals surface area contributed by atoms with Crippen LogP contribution in [0.1, 0.15) is 17.3 Å². The van der Waals surface area contributed by atoms with Gasteiger partial charge < -0.3 is 20.1 Å². The molecule has 0 fully saturated rings. The fraction of sp³-hybridized carbons (Fsp3) is 0.357. The first kappa shape index (κ1) is 14.7. The van der Waals surface area contributed by atoms with Gasteiger partial charge in [-0.2, -0.15) is 5.26 Å². The van der Waals surface area contributed by atoms with Gasteiger partial charge in [-0.1, -0.05) is 0 Å². The minimum absolute atomic E-state index is 0.139. The molecule has 1 aliphatic rings. The summed E-state index contributed by atoms with van der Waals surface area (Å²) in [7, 11) is 0. The minimum atomic E-state index is -0.378. The molecule has 1 unspecified atom stereocenters. The maximum Gasteiger partial charge on any atom is 0.251 e. The molecule has 1 atom stereocenters. The van der Waals surface area contributed by atoms with Crippen LogP contribution in [-0.2, 0) is 4.79 Å². The molecule has 0 aromatic heterocycles. The summed E-state index contributed by atoms with van der Waals surface area (Å²) in [6.07, 6.45) is 0. The van der Waals surface area contributed by atoms with Gasteiger partial charge in [-0.3, -0.25) is 9.59 Å². The van der Waals surface area contributed by atoms with Crippen LogP contribution in [-0.4, -0.2) is 31.7 Å². The molecule has 0 radical (unpaired) electrons. The van der Waals surface area contributed by atoms with E-state index >= 15 is 0 Å². The van der Waals surface area contributed by atoms with Gasteiger partial charge in [-0.25, -0.2) is 0 Å². The lowest BCUT2D eigenvalue weighted by Crippen LogP contribution is -2.38. The number of nitriles is 1. The van der Waals surface area contributed by atoms with Crippen molar-refractivity contribution in [3.8, 4) is 17.6 Å². The minimum Gasteiger partial charge on any atom is -0.454 e. The summed E-state index contributed by atoms with van der Waals surface area (Å²) < 4.78 is 10.3. The second-order valence-corrected chi connectivity index (χ2v) is 4.58. The lowest BCUT2D eigenvalue weighted by molar-refractivity contribution is -0.120. The number of carbonyl (C=O) groups excluding carboxylic acids is 2. The SMILES string of the molecule is CC(C#N)CNC(=O)CNC(=O)c1ccc2c(c1)OCO2. The first-order valence-electron chi connectivity index (χ1n) is 6.44. The van der Waals surface area contributed by atoms with Crippen molar-refractivity contribution in [3.63, 3.8) is 0 Å². The van der Waals surface area contributed by atoms with Crippen molar-refractivity contribution in [1.82, 2.24) is 10.6 Å². The maximum absolute atomic E-state index is 11.9. The second-order valence-electron chi connectivity index (χ2n) is 4.58. The highest BCUT2D eigenvalue weighted by Crippen LogP contribution is 2.32. The monoisotopic (exact) mass is 289 g/mol. The predicted molar refractivity (Wildman–Crippen MR) is 72.7 cm³/mol. The molecule has 110 valence electrons. The Morgan fingerprint density at radius 2 is 2.10 bits per heavy atom. The molecule has 1 heterocycles. The molecule has 0 saturated carbocycles. The van der Waals surface area contributed by atoms with E-state index in [1.807, 2.05) is 6.07 Å². The van der Waals surface area contributed by atoms with Crippen LogP contribution in [0.5, 0.6) is 11.5 Å². The van der Waals surface area contributed by atoms with E-state index in [2.05, 4.69) is 10.6 Å². The maximum atomic E-state index is 11.9. The van der Waals surface area contributed by atoms with E-state index in [4.69, 9.17) is 14.7 Å². The molecular formula is C14H15N3O4. The fourth-order valence-corrected chi connectivity index (χ4v) is 1.68. The summed E-state index contributed by atoms with van der Waals surface area (Å²) in [5.74, 6) is 0.117. The third-order valence-corrected chi connectivity index (χ3v) is 2.87. The molecule has 21 heavy (non-hydrogen) atoms. The van der Waals surface area contributed by atoms with Crippen LogP contribution in [0, 0.1) is 17.2 Å². The Morgan fingerprint density at radius 3 is 2.86 bits per heavy atom. The molecule has 0 spiro atoms. The van der Waals surface area contributed by atoms with Gasteiger partial charge in [0, 0.05) is 12.1 Å². The van der Waals surface area contributed by atoms with Crippen LogP contribution in [0.3, 0.4) is 0 Å². The summed E-state index contributed by atoms with van der Waals surface area (Å²) in [5.41, 5.74) is 0.387. The van der Waals surface area contributed by atoms with Crippen molar-refractivity contribution in [2.45, 2.75) is 6.92 Å². The molecule has 7 heteroatoms. The first-order chi connectivity index (χ1) is 10.1. The third-order valence-electron chi connectivity index (χ3n) is 2.87. The molecule has 7 nitrogen and oxygen atoms in total. The van der Waals surface area contributed by atoms with Gasteiger partial charge in [0.25, 0.3) is 5.91 Å². The smallest absolute Gasteiger partial charge is 0.251 e. The van der Waals surface area contributed by atoms with Crippen molar-refractivity contribution in [2.24, 2.45) is 5.92 Å². The predicted octanol–water partition coefficient (Wildman–Crippen LogP) is 0.421. The van der Waals surface area contributed by atoms with Crippen molar-refractivity contribution >= 4 is 11.8 Å². The summed E-state index contributed by atoms with van der Waals surface area (Å²) in [6.45, 7) is 1.95. The highest BCUT2D eigenvalue weighted by molar-refractivity contribution is 5.97. The van der Waals surface area contributed by atoms with Gasteiger partial charge in [0.05, 0.1) is 18.5 Å². The number of amides is 2. The number of rotatable bonds is 5. The number of carbonyl (C=O) groups is 2. The molecular weight excluding hydrogens is 274 g/mol. The number of hydrogen-bond acceptors (Lipinski definition) is 5. The molecule has 0 bridgehead atoms. The molecule has 1 aromatic rings. The van der Waals surface area contributed by atoms with Crippen molar-refractivity contribution in [2.75, 3.05) is 19.9 Å². The Hall–Kier alpha value is -2.75. The van der Waals surface area contributed by atoms with Gasteiger partial charge in [0.1, 0.15) is 0 Å². The molecule has 1 aliphatic heterocycles. The molecule has 2 N–H and O–H groups in total. The average Bonchev–Trinajstić information content (AvgIpc) is 2.97. The number of nitrogens with zero attached hydrogens (tertiary/aromatic N) is 1. The van der Waals surface area contributed by atoms with E-state index in [-0.39, 0.29) is 37.6 Å². The standard InChI is InChI=1S/C14H15N3O4/c1-9(5-15)6-16-13(18)7-17-14(19)10-2-3-11-12(4-10)21-8-20-11/h2-4,9H,6-8H2,1H3,(H,16,18)(H,17,19). The Morgan fingerprint density at radius 1 is 1.33 bits per heavy atom. The summed E-state index contributed by atoms with van der Waals surface area (Å²) >= 11 is 0. The van der Waals surface area contributed by atoms with Gasteiger partial charge in [-0.05, 0) is 25.1 Å². The number of ether oxygens (including phenoxy) is 2. The number of nitrogens with one attached hydrogen (secondary N) is 2. The summed E-state index contributed by atoms with van der Waals surface area (Å²) in [6, 6.07) is 6.81. The van der Waals surface area contributed by atoms with Crippen LogP contribution in [0.2, 0.25) is 0 Å². The van der Waals surface area contributed by atoms with Crippen LogP contribution >= 0.6 is 0 Å². The largest absolute Gasteiger partial charge is 0.454 e.